The maximum absolute atomic E-state index is 2.67. The summed E-state index contributed by atoms with van der Waals surface area (Å²) in [6.45, 7) is 19.2. The minimum Gasteiger partial charge on any atom is -0.306 e. The van der Waals surface area contributed by atoms with Crippen LogP contribution in [0.25, 0.3) is 0 Å². The van der Waals surface area contributed by atoms with Crippen molar-refractivity contribution < 1.29 is 4.48 Å². The highest BCUT2D eigenvalue weighted by molar-refractivity contribution is 4.83. The molecule has 1 saturated heterocycles. The van der Waals surface area contributed by atoms with Gasteiger partial charge in [0.25, 0.3) is 0 Å². The molecule has 0 bridgehead atoms. The molecule has 1 unspecified atom stereocenters. The van der Waals surface area contributed by atoms with Crippen molar-refractivity contribution in [3.8, 4) is 0 Å². The van der Waals surface area contributed by atoms with Gasteiger partial charge in [0.05, 0.1) is 19.6 Å². The molecule has 0 spiro atoms. The first kappa shape index (κ1) is 13.0. The molecule has 2 heteroatoms. The molecular formula is C13H29N2+. The molecule has 1 rings (SSSR count). The minimum absolute atomic E-state index is 0.424. The van der Waals surface area contributed by atoms with Crippen molar-refractivity contribution >= 4 is 0 Å². The molecule has 1 aliphatic heterocycles. The quantitative estimate of drug-likeness (QED) is 0.649. The Bertz CT molecular complexity index is 207. The first-order chi connectivity index (χ1) is 6.92. The Kier molecular flexibility index (Phi) is 3.83. The highest BCUT2D eigenvalue weighted by atomic mass is 15.5. The Morgan fingerprint density at radius 3 is 2.07 bits per heavy atom. The Balaban J connectivity index is 2.84. The topological polar surface area (TPSA) is 3.24 Å². The summed E-state index contributed by atoms with van der Waals surface area (Å²) in [4.78, 5) is 2.67. The fourth-order valence-corrected chi connectivity index (χ4v) is 3.07. The molecule has 0 aliphatic carbocycles. The van der Waals surface area contributed by atoms with Crippen LogP contribution in [-0.4, -0.2) is 47.3 Å². The average Bonchev–Trinajstić information content (AvgIpc) is 2.49. The largest absolute Gasteiger partial charge is 0.306 e. The fraction of sp³-hybridized carbons (Fsp3) is 1.00. The van der Waals surface area contributed by atoms with Crippen LogP contribution in [0.15, 0.2) is 0 Å². The molecule has 0 radical (unpaired) electrons. The van der Waals surface area contributed by atoms with Gasteiger partial charge in [0.1, 0.15) is 12.2 Å². The van der Waals surface area contributed by atoms with Crippen LogP contribution in [0.3, 0.4) is 0 Å². The number of nitrogens with zero attached hydrogens (tertiary/aromatic N) is 2. The molecule has 1 heterocycles. The third-order valence-electron chi connectivity index (χ3n) is 4.75. The number of hydrogen-bond acceptors (Lipinski definition) is 1. The van der Waals surface area contributed by atoms with E-state index in [1.165, 1.54) is 37.2 Å². The first-order valence-electron chi connectivity index (χ1n) is 6.52. The Labute approximate surface area is 95.8 Å². The van der Waals surface area contributed by atoms with Crippen LogP contribution in [0.1, 0.15) is 48.0 Å². The number of hydrogen-bond donors (Lipinski definition) is 0. The summed E-state index contributed by atoms with van der Waals surface area (Å²) in [5.41, 5.74) is 0.424. The van der Waals surface area contributed by atoms with Crippen molar-refractivity contribution in [1.82, 2.24) is 4.90 Å². The molecule has 0 amide bonds. The highest BCUT2D eigenvalue weighted by Crippen LogP contribution is 2.34. The lowest BCUT2D eigenvalue weighted by Crippen LogP contribution is -2.58. The predicted molar refractivity (Wildman–Crippen MR) is 66.7 cm³/mol. The van der Waals surface area contributed by atoms with E-state index in [4.69, 9.17) is 0 Å². The van der Waals surface area contributed by atoms with Gasteiger partial charge in [-0.3, -0.25) is 0 Å². The molecule has 90 valence electrons. The molecule has 0 aromatic carbocycles. The second-order valence-corrected chi connectivity index (χ2v) is 5.74. The average molecular weight is 213 g/mol. The summed E-state index contributed by atoms with van der Waals surface area (Å²) in [5, 5.41) is 0. The van der Waals surface area contributed by atoms with Gasteiger partial charge in [0, 0.05) is 6.04 Å². The molecule has 2 nitrogen and oxygen atoms in total. The van der Waals surface area contributed by atoms with Crippen LogP contribution in [0.4, 0.5) is 0 Å². The SMILES string of the molecule is CCC(C)N1CC(C)(C)[N+](CC)(CC)C1. The molecule has 15 heavy (non-hydrogen) atoms. The van der Waals surface area contributed by atoms with Crippen molar-refractivity contribution in [3.63, 3.8) is 0 Å². The number of likely N-dealkylation sites (N-methyl/N-ethyl adjacent to an activating group) is 1. The predicted octanol–water partition coefficient (Wildman–Crippen LogP) is 2.69. The molecular weight excluding hydrogens is 184 g/mol. The van der Waals surface area contributed by atoms with Crippen LogP contribution in [0.2, 0.25) is 0 Å². The van der Waals surface area contributed by atoms with Gasteiger partial charge in [-0.15, -0.1) is 0 Å². The van der Waals surface area contributed by atoms with E-state index in [1.54, 1.807) is 0 Å². The van der Waals surface area contributed by atoms with Gasteiger partial charge < -0.3 is 4.48 Å². The number of quaternary nitrogens is 1. The van der Waals surface area contributed by atoms with Gasteiger partial charge in [-0.2, -0.15) is 0 Å². The van der Waals surface area contributed by atoms with Crippen LogP contribution in [0, 0.1) is 0 Å². The van der Waals surface area contributed by atoms with Gasteiger partial charge in [-0.25, -0.2) is 4.90 Å². The monoisotopic (exact) mass is 213 g/mol. The smallest absolute Gasteiger partial charge is 0.135 e. The summed E-state index contributed by atoms with van der Waals surface area (Å²) in [5.74, 6) is 0. The Morgan fingerprint density at radius 1 is 1.20 bits per heavy atom. The lowest BCUT2D eigenvalue weighted by Gasteiger charge is -2.43. The van der Waals surface area contributed by atoms with Gasteiger partial charge in [-0.05, 0) is 41.0 Å². The fourth-order valence-electron chi connectivity index (χ4n) is 3.07. The van der Waals surface area contributed by atoms with Crippen molar-refractivity contribution in [2.75, 3.05) is 26.3 Å². The summed E-state index contributed by atoms with van der Waals surface area (Å²) in [7, 11) is 0. The molecule has 1 fully saturated rings. The molecule has 1 atom stereocenters. The van der Waals surface area contributed by atoms with E-state index in [-0.39, 0.29) is 0 Å². The standard InChI is InChI=1S/C13H29N2/c1-7-12(4)14-10-13(5,6)15(8-2,9-3)11-14/h12H,7-11H2,1-6H3/q+1. The van der Waals surface area contributed by atoms with E-state index in [0.29, 0.717) is 5.54 Å². The van der Waals surface area contributed by atoms with Crippen molar-refractivity contribution in [3.05, 3.63) is 0 Å². The first-order valence-corrected chi connectivity index (χ1v) is 6.52. The highest BCUT2D eigenvalue weighted by Gasteiger charge is 2.50. The van der Waals surface area contributed by atoms with E-state index in [9.17, 15) is 0 Å². The third-order valence-corrected chi connectivity index (χ3v) is 4.75. The number of rotatable bonds is 4. The van der Waals surface area contributed by atoms with Crippen LogP contribution in [-0.2, 0) is 0 Å². The van der Waals surface area contributed by atoms with Crippen molar-refractivity contribution in [2.45, 2.75) is 59.5 Å². The maximum Gasteiger partial charge on any atom is 0.135 e. The van der Waals surface area contributed by atoms with Gasteiger partial charge in [0.15, 0.2) is 0 Å². The van der Waals surface area contributed by atoms with E-state index in [2.05, 4.69) is 46.4 Å². The maximum atomic E-state index is 2.67. The van der Waals surface area contributed by atoms with Gasteiger partial charge >= 0.3 is 0 Å². The third kappa shape index (κ3) is 2.07. The zero-order chi connectivity index (χ0) is 11.7. The summed E-state index contributed by atoms with van der Waals surface area (Å²) >= 11 is 0. The minimum atomic E-state index is 0.424. The lowest BCUT2D eigenvalue weighted by molar-refractivity contribution is -0.959. The van der Waals surface area contributed by atoms with Crippen LogP contribution < -0.4 is 0 Å². The zero-order valence-corrected chi connectivity index (χ0v) is 11.5. The summed E-state index contributed by atoms with van der Waals surface area (Å²) in [6, 6.07) is 0.738. The van der Waals surface area contributed by atoms with Gasteiger partial charge in [-0.1, -0.05) is 6.92 Å². The Hall–Kier alpha value is -0.0800. The normalized spacial score (nSPS) is 26.8. The van der Waals surface area contributed by atoms with Gasteiger partial charge in [0.2, 0.25) is 0 Å². The summed E-state index contributed by atoms with van der Waals surface area (Å²) < 4.78 is 1.26. The van der Waals surface area contributed by atoms with E-state index >= 15 is 0 Å². The molecule has 1 aliphatic rings. The van der Waals surface area contributed by atoms with E-state index < -0.39 is 0 Å². The van der Waals surface area contributed by atoms with E-state index in [1.807, 2.05) is 0 Å². The van der Waals surface area contributed by atoms with Crippen molar-refractivity contribution in [1.29, 1.82) is 0 Å². The van der Waals surface area contributed by atoms with Crippen molar-refractivity contribution in [2.24, 2.45) is 0 Å². The lowest BCUT2D eigenvalue weighted by atomic mass is 10.0. The van der Waals surface area contributed by atoms with E-state index in [0.717, 1.165) is 6.04 Å². The van der Waals surface area contributed by atoms with Crippen LogP contribution in [0.5, 0.6) is 0 Å². The molecule has 0 saturated carbocycles. The second-order valence-electron chi connectivity index (χ2n) is 5.74. The Morgan fingerprint density at radius 2 is 1.73 bits per heavy atom. The zero-order valence-electron chi connectivity index (χ0n) is 11.5. The molecule has 0 N–H and O–H groups in total. The molecule has 0 aromatic heterocycles. The summed E-state index contributed by atoms with van der Waals surface area (Å²) in [6.07, 6.45) is 1.27. The van der Waals surface area contributed by atoms with Crippen LogP contribution >= 0.6 is 0 Å². The molecule has 0 aromatic rings. The second kappa shape index (κ2) is 4.42.